The number of amides is 1. The van der Waals surface area contributed by atoms with Gasteiger partial charge in [-0.05, 0) is 62.4 Å². The van der Waals surface area contributed by atoms with E-state index < -0.39 is 0 Å². The molecule has 0 aromatic heterocycles. The normalized spacial score (nSPS) is 18.7. The van der Waals surface area contributed by atoms with Crippen LogP contribution in [0.15, 0.2) is 41.4 Å². The van der Waals surface area contributed by atoms with E-state index >= 15 is 0 Å². The van der Waals surface area contributed by atoms with Crippen LogP contribution in [-0.4, -0.2) is 47.7 Å². The number of carbonyl (C=O) groups excluding carboxylic acids is 1. The molecule has 2 aromatic carbocycles. The van der Waals surface area contributed by atoms with Crippen LogP contribution in [0.5, 0.6) is 11.5 Å². The van der Waals surface area contributed by atoms with Crippen molar-refractivity contribution in [2.75, 3.05) is 26.2 Å². The van der Waals surface area contributed by atoms with Crippen molar-refractivity contribution in [3.8, 4) is 11.5 Å². The Labute approximate surface area is 184 Å². The molecule has 1 aliphatic carbocycles. The second-order valence-corrected chi connectivity index (χ2v) is 9.23. The Morgan fingerprint density at radius 3 is 2.45 bits per heavy atom. The largest absolute Gasteiger partial charge is 0.454 e. The average Bonchev–Trinajstić information content (AvgIpc) is 3.22. The summed E-state index contributed by atoms with van der Waals surface area (Å²) in [5.74, 6) is 3.52. The first-order valence-corrected chi connectivity index (χ1v) is 11.6. The molecule has 5 rings (SSSR count). The fourth-order valence-corrected chi connectivity index (χ4v) is 5.00. The van der Waals surface area contributed by atoms with E-state index in [4.69, 9.17) is 9.73 Å². The fraction of sp³-hybridized carbons (Fsp3) is 0.462. The lowest BCUT2D eigenvalue weighted by atomic mass is 10.0. The molecule has 0 atom stereocenters. The van der Waals surface area contributed by atoms with Gasteiger partial charge in [0.25, 0.3) is 0 Å². The molecule has 2 aromatic rings. The smallest absolute Gasteiger partial charge is 0.222 e. The van der Waals surface area contributed by atoms with E-state index in [1.807, 2.05) is 18.2 Å². The molecular weight excluding hydrogens is 386 g/mol. The van der Waals surface area contributed by atoms with E-state index in [0.717, 1.165) is 66.7 Å². The second kappa shape index (κ2) is 8.37. The SMILES string of the molecule is Cc1ccc2c(c1)Oc1ccc(C)cc1C(N1CCN(C(=O)CC3CCCC3)CC1)=N2. The van der Waals surface area contributed by atoms with Gasteiger partial charge in [0.05, 0.1) is 5.56 Å². The maximum absolute atomic E-state index is 12.8. The van der Waals surface area contributed by atoms with Gasteiger partial charge in [-0.25, -0.2) is 4.99 Å². The predicted octanol–water partition coefficient (Wildman–Crippen LogP) is 5.21. The van der Waals surface area contributed by atoms with E-state index in [2.05, 4.69) is 41.8 Å². The second-order valence-electron chi connectivity index (χ2n) is 9.23. The van der Waals surface area contributed by atoms with Crippen molar-refractivity contribution in [2.24, 2.45) is 10.9 Å². The van der Waals surface area contributed by atoms with E-state index in [9.17, 15) is 4.79 Å². The van der Waals surface area contributed by atoms with E-state index in [1.54, 1.807) is 0 Å². The van der Waals surface area contributed by atoms with Crippen LogP contribution in [0.3, 0.4) is 0 Å². The number of amidine groups is 1. The van der Waals surface area contributed by atoms with Crippen molar-refractivity contribution in [2.45, 2.75) is 46.0 Å². The molecule has 5 heteroatoms. The van der Waals surface area contributed by atoms with Crippen molar-refractivity contribution in [1.82, 2.24) is 9.80 Å². The highest BCUT2D eigenvalue weighted by Crippen LogP contribution is 2.39. The van der Waals surface area contributed by atoms with Gasteiger partial charge in [0.15, 0.2) is 5.75 Å². The number of fused-ring (bicyclic) bond motifs is 2. The van der Waals surface area contributed by atoms with Crippen molar-refractivity contribution >= 4 is 17.4 Å². The molecule has 31 heavy (non-hydrogen) atoms. The van der Waals surface area contributed by atoms with E-state index in [-0.39, 0.29) is 0 Å². The Balaban J connectivity index is 1.38. The van der Waals surface area contributed by atoms with Gasteiger partial charge in [-0.1, -0.05) is 30.5 Å². The molecule has 2 fully saturated rings. The van der Waals surface area contributed by atoms with Crippen LogP contribution >= 0.6 is 0 Å². The lowest BCUT2D eigenvalue weighted by molar-refractivity contribution is -0.133. The third-order valence-electron chi connectivity index (χ3n) is 6.81. The molecular formula is C26H31N3O2. The first kappa shape index (κ1) is 20.1. The van der Waals surface area contributed by atoms with Gasteiger partial charge in [0, 0.05) is 32.6 Å². The van der Waals surface area contributed by atoms with Gasteiger partial charge in [0.1, 0.15) is 17.3 Å². The molecule has 1 saturated heterocycles. The van der Waals surface area contributed by atoms with Crippen LogP contribution < -0.4 is 4.74 Å². The van der Waals surface area contributed by atoms with E-state index in [0.29, 0.717) is 11.8 Å². The van der Waals surface area contributed by atoms with Crippen molar-refractivity contribution in [3.63, 3.8) is 0 Å². The Hall–Kier alpha value is -2.82. The molecule has 1 saturated carbocycles. The van der Waals surface area contributed by atoms with Gasteiger partial charge in [-0.3, -0.25) is 4.79 Å². The number of hydrogen-bond acceptors (Lipinski definition) is 4. The number of piperazine rings is 1. The highest BCUT2D eigenvalue weighted by molar-refractivity contribution is 6.04. The third kappa shape index (κ3) is 4.18. The zero-order valence-electron chi connectivity index (χ0n) is 18.6. The van der Waals surface area contributed by atoms with Gasteiger partial charge in [0.2, 0.25) is 5.91 Å². The summed E-state index contributed by atoms with van der Waals surface area (Å²) >= 11 is 0. The number of hydrogen-bond donors (Lipinski definition) is 0. The van der Waals surface area contributed by atoms with Crippen molar-refractivity contribution in [1.29, 1.82) is 0 Å². The zero-order chi connectivity index (χ0) is 21.4. The van der Waals surface area contributed by atoms with Crippen LogP contribution in [0, 0.1) is 19.8 Å². The summed E-state index contributed by atoms with van der Waals surface area (Å²) < 4.78 is 6.29. The molecule has 1 amide bonds. The summed E-state index contributed by atoms with van der Waals surface area (Å²) in [6, 6.07) is 12.4. The molecule has 0 N–H and O–H groups in total. The first-order valence-electron chi connectivity index (χ1n) is 11.6. The van der Waals surface area contributed by atoms with Crippen LogP contribution in [0.1, 0.15) is 48.8 Å². The van der Waals surface area contributed by atoms with E-state index in [1.165, 1.54) is 31.2 Å². The molecule has 5 nitrogen and oxygen atoms in total. The number of rotatable bonds is 2. The Kier molecular flexibility index (Phi) is 5.43. The standard InChI is InChI=1S/C26H31N3O2/c1-18-8-10-23-21(15-18)26(27-22-9-7-19(2)16-24(22)31-23)29-13-11-28(12-14-29)25(30)17-20-5-3-4-6-20/h7-10,15-16,20H,3-6,11-14,17H2,1-2H3. The topological polar surface area (TPSA) is 45.1 Å². The minimum atomic E-state index is 0.328. The lowest BCUT2D eigenvalue weighted by Crippen LogP contribution is -2.51. The summed E-state index contributed by atoms with van der Waals surface area (Å²) in [6.07, 6.45) is 5.74. The van der Waals surface area contributed by atoms with Gasteiger partial charge < -0.3 is 14.5 Å². The Morgan fingerprint density at radius 1 is 0.968 bits per heavy atom. The summed E-state index contributed by atoms with van der Waals surface area (Å²) in [4.78, 5) is 22.2. The summed E-state index contributed by atoms with van der Waals surface area (Å²) in [5, 5.41) is 0. The minimum absolute atomic E-state index is 0.328. The first-order chi connectivity index (χ1) is 15.1. The molecule has 2 aliphatic heterocycles. The fourth-order valence-electron chi connectivity index (χ4n) is 5.00. The van der Waals surface area contributed by atoms with Gasteiger partial charge in [-0.2, -0.15) is 0 Å². The highest BCUT2D eigenvalue weighted by atomic mass is 16.5. The number of aliphatic imine (C=N–C) groups is 1. The molecule has 3 aliphatic rings. The Bertz CT molecular complexity index is 1020. The number of ether oxygens (including phenoxy) is 1. The maximum atomic E-state index is 12.8. The van der Waals surface area contributed by atoms with Crippen LogP contribution in [-0.2, 0) is 4.79 Å². The molecule has 0 bridgehead atoms. The number of carbonyl (C=O) groups is 1. The van der Waals surface area contributed by atoms with Crippen LogP contribution in [0.2, 0.25) is 0 Å². The van der Waals surface area contributed by atoms with Gasteiger partial charge >= 0.3 is 0 Å². The van der Waals surface area contributed by atoms with Crippen molar-refractivity contribution in [3.05, 3.63) is 53.1 Å². The third-order valence-corrected chi connectivity index (χ3v) is 6.81. The van der Waals surface area contributed by atoms with Crippen LogP contribution in [0.25, 0.3) is 0 Å². The maximum Gasteiger partial charge on any atom is 0.222 e. The number of nitrogens with zero attached hydrogens (tertiary/aromatic N) is 3. The van der Waals surface area contributed by atoms with Crippen molar-refractivity contribution < 1.29 is 9.53 Å². The molecule has 0 unspecified atom stereocenters. The molecule has 0 spiro atoms. The van der Waals surface area contributed by atoms with Crippen LogP contribution in [0.4, 0.5) is 5.69 Å². The molecule has 0 radical (unpaired) electrons. The summed E-state index contributed by atoms with van der Waals surface area (Å²) in [5.41, 5.74) is 4.22. The summed E-state index contributed by atoms with van der Waals surface area (Å²) in [6.45, 7) is 7.27. The number of aryl methyl sites for hydroxylation is 2. The zero-order valence-corrected chi connectivity index (χ0v) is 18.6. The highest BCUT2D eigenvalue weighted by Gasteiger charge is 2.29. The molecule has 2 heterocycles. The summed E-state index contributed by atoms with van der Waals surface area (Å²) in [7, 11) is 0. The lowest BCUT2D eigenvalue weighted by Gasteiger charge is -2.37. The monoisotopic (exact) mass is 417 g/mol. The quantitative estimate of drug-likeness (QED) is 0.674. The average molecular weight is 418 g/mol. The predicted molar refractivity (Wildman–Crippen MR) is 123 cm³/mol. The number of benzene rings is 2. The van der Waals surface area contributed by atoms with Gasteiger partial charge in [-0.15, -0.1) is 0 Å². The molecule has 162 valence electrons. The Morgan fingerprint density at radius 2 is 1.68 bits per heavy atom. The minimum Gasteiger partial charge on any atom is -0.454 e.